The third-order valence-electron chi connectivity index (χ3n) is 1.56. The first-order chi connectivity index (χ1) is 6.77. The molecule has 0 saturated heterocycles. The SMILES string of the molecule is CSCCC(=O)Nc1[nH]ncc1C#N. The molecular formula is C8H10N4OS. The molecule has 74 valence electrons. The van der Waals surface area contributed by atoms with Crippen LogP contribution in [0.5, 0.6) is 0 Å². The van der Waals surface area contributed by atoms with Gasteiger partial charge in [-0.15, -0.1) is 0 Å². The molecule has 0 fully saturated rings. The van der Waals surface area contributed by atoms with Crippen molar-refractivity contribution in [1.82, 2.24) is 10.2 Å². The number of hydrogen-bond acceptors (Lipinski definition) is 4. The van der Waals surface area contributed by atoms with Crippen molar-refractivity contribution in [2.24, 2.45) is 0 Å². The Labute approximate surface area is 85.9 Å². The Morgan fingerprint density at radius 1 is 1.86 bits per heavy atom. The van der Waals surface area contributed by atoms with Crippen LogP contribution in [-0.4, -0.2) is 28.1 Å². The van der Waals surface area contributed by atoms with E-state index in [1.807, 2.05) is 12.3 Å². The van der Waals surface area contributed by atoms with Crippen LogP contribution in [0.2, 0.25) is 0 Å². The summed E-state index contributed by atoms with van der Waals surface area (Å²) >= 11 is 1.60. The average molecular weight is 210 g/mol. The molecule has 0 aromatic carbocycles. The summed E-state index contributed by atoms with van der Waals surface area (Å²) in [6.45, 7) is 0. The van der Waals surface area contributed by atoms with E-state index in [1.165, 1.54) is 6.20 Å². The fourth-order valence-electron chi connectivity index (χ4n) is 0.863. The van der Waals surface area contributed by atoms with Gasteiger partial charge in [-0.05, 0) is 6.26 Å². The number of nitrogens with zero attached hydrogens (tertiary/aromatic N) is 2. The molecule has 0 atom stereocenters. The topological polar surface area (TPSA) is 81.6 Å². The summed E-state index contributed by atoms with van der Waals surface area (Å²) in [7, 11) is 0. The molecule has 0 aliphatic heterocycles. The third-order valence-corrected chi connectivity index (χ3v) is 2.17. The molecule has 0 bridgehead atoms. The lowest BCUT2D eigenvalue weighted by Crippen LogP contribution is -2.13. The summed E-state index contributed by atoms with van der Waals surface area (Å²) in [6.07, 6.45) is 3.75. The van der Waals surface area contributed by atoms with Gasteiger partial charge in [0.1, 0.15) is 17.5 Å². The number of amides is 1. The Morgan fingerprint density at radius 3 is 3.29 bits per heavy atom. The number of carbonyl (C=O) groups excluding carboxylic acids is 1. The number of H-pyrrole nitrogens is 1. The van der Waals surface area contributed by atoms with Crippen molar-refractivity contribution in [2.75, 3.05) is 17.3 Å². The lowest BCUT2D eigenvalue weighted by Gasteiger charge is -2.00. The van der Waals surface area contributed by atoms with E-state index in [0.29, 0.717) is 17.8 Å². The molecule has 0 saturated carbocycles. The van der Waals surface area contributed by atoms with Gasteiger partial charge >= 0.3 is 0 Å². The van der Waals surface area contributed by atoms with Crippen LogP contribution in [0.1, 0.15) is 12.0 Å². The first-order valence-electron chi connectivity index (χ1n) is 4.00. The largest absolute Gasteiger partial charge is 0.310 e. The van der Waals surface area contributed by atoms with Gasteiger partial charge in [-0.1, -0.05) is 0 Å². The molecule has 1 rings (SSSR count). The minimum atomic E-state index is -0.111. The summed E-state index contributed by atoms with van der Waals surface area (Å²) in [5, 5.41) is 17.4. The fraction of sp³-hybridized carbons (Fsp3) is 0.375. The summed E-state index contributed by atoms with van der Waals surface area (Å²) in [6, 6.07) is 1.92. The summed E-state index contributed by atoms with van der Waals surface area (Å²) in [5.74, 6) is 1.03. The Bertz CT molecular complexity index is 354. The minimum absolute atomic E-state index is 0.111. The highest BCUT2D eigenvalue weighted by atomic mass is 32.2. The van der Waals surface area contributed by atoms with Gasteiger partial charge in [0, 0.05) is 12.2 Å². The van der Waals surface area contributed by atoms with Crippen molar-refractivity contribution in [1.29, 1.82) is 5.26 Å². The molecule has 1 amide bonds. The van der Waals surface area contributed by atoms with Gasteiger partial charge in [0.15, 0.2) is 0 Å². The zero-order chi connectivity index (χ0) is 10.4. The molecule has 0 radical (unpaired) electrons. The van der Waals surface area contributed by atoms with Gasteiger partial charge in [0.2, 0.25) is 5.91 Å². The minimum Gasteiger partial charge on any atom is -0.310 e. The van der Waals surface area contributed by atoms with Crippen LogP contribution in [0, 0.1) is 11.3 Å². The molecule has 1 heterocycles. The second kappa shape index (κ2) is 5.29. The van der Waals surface area contributed by atoms with Gasteiger partial charge in [-0.3, -0.25) is 9.89 Å². The van der Waals surface area contributed by atoms with E-state index in [0.717, 1.165) is 5.75 Å². The maximum Gasteiger partial charge on any atom is 0.226 e. The number of hydrogen-bond donors (Lipinski definition) is 2. The number of rotatable bonds is 4. The zero-order valence-electron chi connectivity index (χ0n) is 7.70. The number of aromatic amines is 1. The highest BCUT2D eigenvalue weighted by molar-refractivity contribution is 7.98. The highest BCUT2D eigenvalue weighted by Crippen LogP contribution is 2.09. The van der Waals surface area contributed by atoms with Crippen molar-refractivity contribution in [2.45, 2.75) is 6.42 Å². The standard InChI is InChI=1S/C8H10N4OS/c1-14-3-2-7(13)11-8-6(4-9)5-10-12-8/h5H,2-3H2,1H3,(H2,10,11,12,13). The average Bonchev–Trinajstić information content (AvgIpc) is 2.62. The molecule has 0 spiro atoms. The predicted octanol–water partition coefficient (Wildman–Crippen LogP) is 0.973. The van der Waals surface area contributed by atoms with Crippen molar-refractivity contribution in [3.63, 3.8) is 0 Å². The van der Waals surface area contributed by atoms with Crippen LogP contribution in [0.25, 0.3) is 0 Å². The third kappa shape index (κ3) is 2.78. The van der Waals surface area contributed by atoms with Crippen molar-refractivity contribution in [3.8, 4) is 6.07 Å². The van der Waals surface area contributed by atoms with Crippen molar-refractivity contribution >= 4 is 23.5 Å². The number of nitriles is 1. The molecular weight excluding hydrogens is 200 g/mol. The maximum absolute atomic E-state index is 11.3. The van der Waals surface area contributed by atoms with Gasteiger partial charge in [0.25, 0.3) is 0 Å². The van der Waals surface area contributed by atoms with Crippen LogP contribution in [0.4, 0.5) is 5.82 Å². The molecule has 5 nitrogen and oxygen atoms in total. The maximum atomic E-state index is 11.3. The lowest BCUT2D eigenvalue weighted by molar-refractivity contribution is -0.115. The Balaban J connectivity index is 2.52. The molecule has 0 unspecified atom stereocenters. The van der Waals surface area contributed by atoms with Crippen LogP contribution < -0.4 is 5.32 Å². The second-order valence-corrected chi connectivity index (χ2v) is 3.55. The number of aromatic nitrogens is 2. The number of thioether (sulfide) groups is 1. The number of carbonyl (C=O) groups is 1. The number of nitrogens with one attached hydrogen (secondary N) is 2. The Kier molecular flexibility index (Phi) is 4.01. The first-order valence-corrected chi connectivity index (χ1v) is 5.39. The van der Waals surface area contributed by atoms with E-state index < -0.39 is 0 Å². The lowest BCUT2D eigenvalue weighted by atomic mass is 10.3. The zero-order valence-corrected chi connectivity index (χ0v) is 8.52. The molecule has 0 aliphatic carbocycles. The second-order valence-electron chi connectivity index (χ2n) is 2.56. The summed E-state index contributed by atoms with van der Waals surface area (Å²) in [4.78, 5) is 11.3. The van der Waals surface area contributed by atoms with E-state index in [2.05, 4.69) is 15.5 Å². The van der Waals surface area contributed by atoms with E-state index in [4.69, 9.17) is 5.26 Å². The van der Waals surface area contributed by atoms with Gasteiger partial charge in [-0.2, -0.15) is 22.1 Å². The van der Waals surface area contributed by atoms with Crippen LogP contribution in [-0.2, 0) is 4.79 Å². The summed E-state index contributed by atoms with van der Waals surface area (Å²) in [5.41, 5.74) is 0.350. The monoisotopic (exact) mass is 210 g/mol. The Hall–Kier alpha value is -1.48. The van der Waals surface area contributed by atoms with Crippen LogP contribution in [0.3, 0.4) is 0 Å². The Morgan fingerprint density at radius 2 is 2.64 bits per heavy atom. The fourth-order valence-corrected chi connectivity index (χ4v) is 1.25. The van der Waals surface area contributed by atoms with E-state index in [9.17, 15) is 4.79 Å². The van der Waals surface area contributed by atoms with Crippen LogP contribution in [0.15, 0.2) is 6.20 Å². The quantitative estimate of drug-likeness (QED) is 0.776. The molecule has 0 aliphatic rings. The summed E-state index contributed by atoms with van der Waals surface area (Å²) < 4.78 is 0. The number of anilines is 1. The smallest absolute Gasteiger partial charge is 0.226 e. The first kappa shape index (κ1) is 10.6. The predicted molar refractivity (Wildman–Crippen MR) is 54.9 cm³/mol. The highest BCUT2D eigenvalue weighted by Gasteiger charge is 2.07. The van der Waals surface area contributed by atoms with Gasteiger partial charge in [-0.25, -0.2) is 0 Å². The molecule has 6 heteroatoms. The van der Waals surface area contributed by atoms with Crippen molar-refractivity contribution < 1.29 is 4.79 Å². The van der Waals surface area contributed by atoms with Gasteiger partial charge < -0.3 is 5.32 Å². The normalized spacial score (nSPS) is 9.43. The van der Waals surface area contributed by atoms with E-state index in [1.54, 1.807) is 11.8 Å². The molecule has 1 aromatic rings. The van der Waals surface area contributed by atoms with E-state index >= 15 is 0 Å². The molecule has 1 aromatic heterocycles. The van der Waals surface area contributed by atoms with Crippen molar-refractivity contribution in [3.05, 3.63) is 11.8 Å². The van der Waals surface area contributed by atoms with Crippen LogP contribution >= 0.6 is 11.8 Å². The molecule has 14 heavy (non-hydrogen) atoms. The van der Waals surface area contributed by atoms with Gasteiger partial charge in [0.05, 0.1) is 6.20 Å². The molecule has 2 N–H and O–H groups in total. The van der Waals surface area contributed by atoms with E-state index in [-0.39, 0.29) is 5.91 Å².